The molecule has 12 heavy (non-hydrogen) atoms. The highest BCUT2D eigenvalue weighted by Gasteiger charge is 2.10. The maximum Gasteiger partial charge on any atom is 0.0512 e. The number of hydrogen-bond donors (Lipinski definition) is 0. The molecule has 1 aliphatic rings. The van der Waals surface area contributed by atoms with Crippen molar-refractivity contribution in [3.63, 3.8) is 0 Å². The van der Waals surface area contributed by atoms with Crippen molar-refractivity contribution in [2.45, 2.75) is 19.4 Å². The molecule has 0 saturated heterocycles. The van der Waals surface area contributed by atoms with Gasteiger partial charge in [0.2, 0.25) is 0 Å². The Balaban J connectivity index is 2.47. The Labute approximate surface area is 80.6 Å². The summed E-state index contributed by atoms with van der Waals surface area (Å²) in [7, 11) is 0. The Kier molecular flexibility index (Phi) is 2.01. The molecule has 2 heteroatoms. The molecule has 0 aromatic heterocycles. The van der Waals surface area contributed by atoms with Crippen LogP contribution in [0.4, 0.5) is 0 Å². The average molecular weight is 224 g/mol. The molecule has 0 N–H and O–H groups in total. The fourth-order valence-electron chi connectivity index (χ4n) is 1.46. The highest BCUT2D eigenvalue weighted by Crippen LogP contribution is 2.20. The number of benzene rings is 1. The third-order valence-corrected chi connectivity index (χ3v) is 2.58. The molecule has 0 aliphatic carbocycles. The summed E-state index contributed by atoms with van der Waals surface area (Å²) in [6.07, 6.45) is 3.03. The summed E-state index contributed by atoms with van der Waals surface area (Å²) in [5, 5.41) is 0. The molecule has 1 aliphatic heterocycles. The van der Waals surface area contributed by atoms with E-state index in [2.05, 4.69) is 46.0 Å². The first-order chi connectivity index (χ1) is 5.75. The molecule has 0 radical (unpaired) electrons. The molecule has 0 fully saturated rings. The maximum atomic E-state index is 4.36. The number of halogens is 1. The van der Waals surface area contributed by atoms with E-state index in [0.29, 0.717) is 6.04 Å². The highest BCUT2D eigenvalue weighted by atomic mass is 79.9. The van der Waals surface area contributed by atoms with Gasteiger partial charge in [0.1, 0.15) is 0 Å². The number of fused-ring (bicyclic) bond motifs is 1. The zero-order chi connectivity index (χ0) is 8.55. The van der Waals surface area contributed by atoms with Crippen molar-refractivity contribution in [1.82, 2.24) is 0 Å². The van der Waals surface area contributed by atoms with Crippen LogP contribution in [0.2, 0.25) is 0 Å². The summed E-state index contributed by atoms with van der Waals surface area (Å²) < 4.78 is 1.16. The zero-order valence-electron chi connectivity index (χ0n) is 6.92. The summed E-state index contributed by atoms with van der Waals surface area (Å²) >= 11 is 3.47. The van der Waals surface area contributed by atoms with Gasteiger partial charge in [0.25, 0.3) is 0 Å². The zero-order valence-corrected chi connectivity index (χ0v) is 8.51. The second-order valence-electron chi connectivity index (χ2n) is 3.17. The maximum absolute atomic E-state index is 4.36. The summed E-state index contributed by atoms with van der Waals surface area (Å²) in [4.78, 5) is 4.36. The van der Waals surface area contributed by atoms with Crippen molar-refractivity contribution in [2.75, 3.05) is 0 Å². The summed E-state index contributed by atoms with van der Waals surface area (Å²) in [5.41, 5.74) is 2.66. The van der Waals surface area contributed by atoms with Crippen molar-refractivity contribution in [2.24, 2.45) is 4.99 Å². The van der Waals surface area contributed by atoms with Gasteiger partial charge < -0.3 is 0 Å². The molecule has 2 rings (SSSR count). The van der Waals surface area contributed by atoms with Gasteiger partial charge in [-0.15, -0.1) is 0 Å². The lowest BCUT2D eigenvalue weighted by molar-refractivity contribution is 0.732. The predicted molar refractivity (Wildman–Crippen MR) is 54.9 cm³/mol. The van der Waals surface area contributed by atoms with Gasteiger partial charge in [-0.25, -0.2) is 0 Å². The Morgan fingerprint density at radius 3 is 3.17 bits per heavy atom. The van der Waals surface area contributed by atoms with Gasteiger partial charge in [-0.1, -0.05) is 22.0 Å². The fourth-order valence-corrected chi connectivity index (χ4v) is 1.86. The van der Waals surface area contributed by atoms with Crippen molar-refractivity contribution >= 4 is 22.1 Å². The minimum Gasteiger partial charge on any atom is -0.289 e. The highest BCUT2D eigenvalue weighted by molar-refractivity contribution is 9.10. The Morgan fingerprint density at radius 2 is 2.33 bits per heavy atom. The first-order valence-electron chi connectivity index (χ1n) is 4.07. The van der Waals surface area contributed by atoms with Gasteiger partial charge in [0.15, 0.2) is 0 Å². The lowest BCUT2D eigenvalue weighted by Gasteiger charge is -2.14. The first kappa shape index (κ1) is 7.99. The van der Waals surface area contributed by atoms with Gasteiger partial charge in [0.05, 0.1) is 6.04 Å². The molecule has 0 bridgehead atoms. The van der Waals surface area contributed by atoms with Gasteiger partial charge in [0, 0.05) is 10.7 Å². The standard InChI is InChI=1S/C10H10BrN/c1-7-4-9-5-10(11)3-2-8(9)6-12-7/h2-3,5-7H,4H2,1H3/t7-/m1/s1. The van der Waals surface area contributed by atoms with Crippen LogP contribution in [0.15, 0.2) is 27.7 Å². The van der Waals surface area contributed by atoms with Gasteiger partial charge >= 0.3 is 0 Å². The molecule has 1 nitrogen and oxygen atoms in total. The van der Waals surface area contributed by atoms with Crippen LogP contribution in [-0.4, -0.2) is 12.3 Å². The topological polar surface area (TPSA) is 12.4 Å². The van der Waals surface area contributed by atoms with Gasteiger partial charge in [-0.2, -0.15) is 0 Å². The van der Waals surface area contributed by atoms with Crippen molar-refractivity contribution in [3.05, 3.63) is 33.8 Å². The van der Waals surface area contributed by atoms with Crippen molar-refractivity contribution in [1.29, 1.82) is 0 Å². The van der Waals surface area contributed by atoms with Crippen LogP contribution in [0.5, 0.6) is 0 Å². The molecule has 62 valence electrons. The summed E-state index contributed by atoms with van der Waals surface area (Å²) in [5.74, 6) is 0. The monoisotopic (exact) mass is 223 g/mol. The molecule has 0 spiro atoms. The van der Waals surface area contributed by atoms with E-state index in [0.717, 1.165) is 10.9 Å². The minimum absolute atomic E-state index is 0.437. The number of rotatable bonds is 0. The van der Waals surface area contributed by atoms with E-state index in [-0.39, 0.29) is 0 Å². The molecule has 0 saturated carbocycles. The smallest absolute Gasteiger partial charge is 0.0512 e. The Hall–Kier alpha value is -0.630. The van der Waals surface area contributed by atoms with E-state index < -0.39 is 0 Å². The second kappa shape index (κ2) is 3.02. The SMILES string of the molecule is C[C@@H]1Cc2cc(Br)ccc2C=N1. The molecule has 1 heterocycles. The van der Waals surface area contributed by atoms with Crippen molar-refractivity contribution < 1.29 is 0 Å². The molecule has 1 atom stereocenters. The normalized spacial score (nSPS) is 20.7. The van der Waals surface area contributed by atoms with E-state index >= 15 is 0 Å². The fraction of sp³-hybridized carbons (Fsp3) is 0.300. The molecule has 0 unspecified atom stereocenters. The summed E-state index contributed by atoms with van der Waals surface area (Å²) in [6.45, 7) is 2.14. The van der Waals surface area contributed by atoms with E-state index in [1.54, 1.807) is 0 Å². The van der Waals surface area contributed by atoms with E-state index in [4.69, 9.17) is 0 Å². The van der Waals surface area contributed by atoms with Crippen LogP contribution in [0.3, 0.4) is 0 Å². The van der Waals surface area contributed by atoms with E-state index in [1.165, 1.54) is 11.1 Å². The third kappa shape index (κ3) is 1.44. The van der Waals surface area contributed by atoms with Crippen LogP contribution in [0.25, 0.3) is 0 Å². The largest absolute Gasteiger partial charge is 0.289 e. The van der Waals surface area contributed by atoms with Crippen LogP contribution >= 0.6 is 15.9 Å². The van der Waals surface area contributed by atoms with E-state index in [9.17, 15) is 0 Å². The van der Waals surface area contributed by atoms with Crippen molar-refractivity contribution in [3.8, 4) is 0 Å². The Bertz CT molecular complexity index is 331. The van der Waals surface area contributed by atoms with Crippen LogP contribution in [-0.2, 0) is 6.42 Å². The molecular weight excluding hydrogens is 214 g/mol. The predicted octanol–water partition coefficient (Wildman–Crippen LogP) is 2.81. The van der Waals surface area contributed by atoms with Crippen LogP contribution < -0.4 is 0 Å². The van der Waals surface area contributed by atoms with Crippen LogP contribution in [0, 0.1) is 0 Å². The second-order valence-corrected chi connectivity index (χ2v) is 4.09. The summed E-state index contributed by atoms with van der Waals surface area (Å²) in [6, 6.07) is 6.78. The number of hydrogen-bond acceptors (Lipinski definition) is 1. The molecule has 1 aromatic carbocycles. The molecule has 1 aromatic rings. The van der Waals surface area contributed by atoms with Crippen LogP contribution in [0.1, 0.15) is 18.1 Å². The molecular formula is C10H10BrN. The van der Waals surface area contributed by atoms with Gasteiger partial charge in [-0.05, 0) is 36.6 Å². The lowest BCUT2D eigenvalue weighted by Crippen LogP contribution is -2.11. The van der Waals surface area contributed by atoms with Gasteiger partial charge in [-0.3, -0.25) is 4.99 Å². The number of nitrogens with zero attached hydrogens (tertiary/aromatic N) is 1. The number of aliphatic imine (C=N–C) groups is 1. The minimum atomic E-state index is 0.437. The molecule has 0 amide bonds. The Morgan fingerprint density at radius 1 is 1.50 bits per heavy atom. The quantitative estimate of drug-likeness (QED) is 0.642. The van der Waals surface area contributed by atoms with E-state index in [1.807, 2.05) is 6.21 Å². The lowest BCUT2D eigenvalue weighted by atomic mass is 9.99. The third-order valence-electron chi connectivity index (χ3n) is 2.09. The first-order valence-corrected chi connectivity index (χ1v) is 4.86. The average Bonchev–Trinajstić information content (AvgIpc) is 2.03.